The third-order valence-corrected chi connectivity index (χ3v) is 3.72. The van der Waals surface area contributed by atoms with Gasteiger partial charge in [-0.15, -0.1) is 0 Å². The molecule has 1 fully saturated rings. The minimum atomic E-state index is -0.212. The van der Waals surface area contributed by atoms with E-state index in [1.807, 2.05) is 17.0 Å². The average molecular weight is 282 g/mol. The number of hydrogen-bond acceptors (Lipinski definition) is 4. The third kappa shape index (κ3) is 3.69. The Balaban J connectivity index is 1.98. The zero-order valence-electron chi connectivity index (χ0n) is 11.9. The fourth-order valence-electron chi connectivity index (χ4n) is 2.64. The molecule has 0 amide bonds. The summed E-state index contributed by atoms with van der Waals surface area (Å²) in [6.07, 6.45) is 1.93. The summed E-state index contributed by atoms with van der Waals surface area (Å²) < 4.78 is 19.2. The van der Waals surface area contributed by atoms with Gasteiger partial charge in [0.2, 0.25) is 0 Å². The van der Waals surface area contributed by atoms with Gasteiger partial charge in [0.25, 0.3) is 0 Å². The number of hydrogen-bond donors (Lipinski definition) is 2. The van der Waals surface area contributed by atoms with Crippen LogP contribution in [0.3, 0.4) is 0 Å². The molecule has 0 aromatic heterocycles. The molecule has 2 N–H and O–H groups in total. The molecule has 1 aromatic carbocycles. The molecular weight excluding hydrogens is 259 g/mol. The predicted molar refractivity (Wildman–Crippen MR) is 77.4 cm³/mol. The Hall–Kier alpha value is -1.17. The van der Waals surface area contributed by atoms with E-state index in [0.717, 1.165) is 31.5 Å². The lowest BCUT2D eigenvalue weighted by molar-refractivity contribution is 0.199. The van der Waals surface area contributed by atoms with E-state index in [1.165, 1.54) is 0 Å². The molecule has 1 unspecified atom stereocenters. The third-order valence-electron chi connectivity index (χ3n) is 3.72. The molecular formula is C15H23FN2O2. The van der Waals surface area contributed by atoms with Gasteiger partial charge in [0.1, 0.15) is 5.82 Å². The summed E-state index contributed by atoms with van der Waals surface area (Å²) in [5, 5.41) is 12.5. The lowest BCUT2D eigenvalue weighted by atomic mass is 10.1. The quantitative estimate of drug-likeness (QED) is 0.744. The van der Waals surface area contributed by atoms with Crippen molar-refractivity contribution in [2.75, 3.05) is 38.3 Å². The number of benzene rings is 1. The fraction of sp³-hybridized carbons (Fsp3) is 0.600. The molecule has 0 spiro atoms. The van der Waals surface area contributed by atoms with Crippen LogP contribution in [0.2, 0.25) is 0 Å². The molecule has 0 aliphatic carbocycles. The lowest BCUT2D eigenvalue weighted by Gasteiger charge is -2.26. The van der Waals surface area contributed by atoms with Crippen LogP contribution in [0.1, 0.15) is 18.4 Å². The molecule has 1 atom stereocenters. The highest BCUT2D eigenvalue weighted by molar-refractivity contribution is 5.51. The molecule has 2 rings (SSSR count). The van der Waals surface area contributed by atoms with Crippen LogP contribution in [0.25, 0.3) is 0 Å². The number of methoxy groups -OCH3 is 1. The smallest absolute Gasteiger partial charge is 0.146 e. The Bertz CT molecular complexity index is 428. The van der Waals surface area contributed by atoms with Crippen LogP contribution in [0.5, 0.6) is 0 Å². The summed E-state index contributed by atoms with van der Waals surface area (Å²) in [7, 11) is 1.66. The molecule has 112 valence electrons. The minimum Gasteiger partial charge on any atom is -0.394 e. The second-order valence-corrected chi connectivity index (χ2v) is 5.13. The van der Waals surface area contributed by atoms with Gasteiger partial charge in [0, 0.05) is 26.7 Å². The largest absolute Gasteiger partial charge is 0.394 e. The predicted octanol–water partition coefficient (Wildman–Crippen LogP) is 1.52. The van der Waals surface area contributed by atoms with Crippen molar-refractivity contribution in [3.8, 4) is 0 Å². The summed E-state index contributed by atoms with van der Waals surface area (Å²) in [5.41, 5.74) is 1.52. The van der Waals surface area contributed by atoms with Gasteiger partial charge in [-0.2, -0.15) is 0 Å². The van der Waals surface area contributed by atoms with Gasteiger partial charge in [-0.3, -0.25) is 0 Å². The van der Waals surface area contributed by atoms with Gasteiger partial charge >= 0.3 is 0 Å². The monoisotopic (exact) mass is 282 g/mol. The maximum absolute atomic E-state index is 14.2. The molecule has 4 nitrogen and oxygen atoms in total. The van der Waals surface area contributed by atoms with Crippen LogP contribution in [-0.4, -0.2) is 44.6 Å². The van der Waals surface area contributed by atoms with Crippen molar-refractivity contribution in [3.63, 3.8) is 0 Å². The van der Waals surface area contributed by atoms with Gasteiger partial charge < -0.3 is 20.1 Å². The molecule has 0 bridgehead atoms. The Morgan fingerprint density at radius 2 is 2.35 bits per heavy atom. The number of aliphatic hydroxyl groups is 1. The molecule has 1 aliphatic heterocycles. The number of halogens is 1. The lowest BCUT2D eigenvalue weighted by Crippen LogP contribution is -2.32. The van der Waals surface area contributed by atoms with Crippen molar-refractivity contribution in [1.29, 1.82) is 0 Å². The van der Waals surface area contributed by atoms with Crippen LogP contribution in [0.4, 0.5) is 10.1 Å². The van der Waals surface area contributed by atoms with Gasteiger partial charge in [0.15, 0.2) is 0 Å². The standard InChI is InChI=1S/C15H23FN2O2/c1-20-8-6-17-10-12-4-5-15(14(16)9-12)18-7-2-3-13(18)11-19/h4-5,9,13,17,19H,2-3,6-8,10-11H2,1H3. The first kappa shape index (κ1) is 15.2. The van der Waals surface area contributed by atoms with Gasteiger partial charge in [0.05, 0.1) is 24.9 Å². The van der Waals surface area contributed by atoms with Crippen molar-refractivity contribution in [3.05, 3.63) is 29.6 Å². The zero-order valence-corrected chi connectivity index (χ0v) is 11.9. The normalized spacial score (nSPS) is 18.8. The molecule has 0 saturated carbocycles. The van der Waals surface area contributed by atoms with Crippen LogP contribution in [-0.2, 0) is 11.3 Å². The number of anilines is 1. The van der Waals surface area contributed by atoms with E-state index in [0.29, 0.717) is 18.8 Å². The van der Waals surface area contributed by atoms with Crippen LogP contribution < -0.4 is 10.2 Å². The molecule has 1 aliphatic rings. The number of nitrogens with zero attached hydrogens (tertiary/aromatic N) is 1. The fourth-order valence-corrected chi connectivity index (χ4v) is 2.64. The second-order valence-electron chi connectivity index (χ2n) is 5.13. The highest BCUT2D eigenvalue weighted by Gasteiger charge is 2.25. The van der Waals surface area contributed by atoms with E-state index >= 15 is 0 Å². The van der Waals surface area contributed by atoms with Crippen LogP contribution >= 0.6 is 0 Å². The first-order valence-corrected chi connectivity index (χ1v) is 7.12. The molecule has 1 heterocycles. The topological polar surface area (TPSA) is 44.7 Å². The van der Waals surface area contributed by atoms with E-state index in [1.54, 1.807) is 13.2 Å². The Morgan fingerprint density at radius 1 is 1.50 bits per heavy atom. The van der Waals surface area contributed by atoms with Crippen molar-refractivity contribution in [2.45, 2.75) is 25.4 Å². The number of nitrogens with one attached hydrogen (secondary N) is 1. The summed E-state index contributed by atoms with van der Waals surface area (Å²) in [6, 6.07) is 5.37. The zero-order chi connectivity index (χ0) is 14.4. The maximum atomic E-state index is 14.2. The summed E-state index contributed by atoms with van der Waals surface area (Å²) >= 11 is 0. The minimum absolute atomic E-state index is 0.0511. The number of rotatable bonds is 7. The van der Waals surface area contributed by atoms with E-state index in [9.17, 15) is 9.50 Å². The maximum Gasteiger partial charge on any atom is 0.146 e. The highest BCUT2D eigenvalue weighted by atomic mass is 19.1. The molecule has 1 saturated heterocycles. The highest BCUT2D eigenvalue weighted by Crippen LogP contribution is 2.28. The Morgan fingerprint density at radius 3 is 3.05 bits per heavy atom. The van der Waals surface area contributed by atoms with Crippen molar-refractivity contribution in [2.24, 2.45) is 0 Å². The van der Waals surface area contributed by atoms with Crippen LogP contribution in [0, 0.1) is 5.82 Å². The Labute approximate surface area is 119 Å². The molecule has 1 aromatic rings. The number of ether oxygens (including phenoxy) is 1. The average Bonchev–Trinajstić information content (AvgIpc) is 2.92. The van der Waals surface area contributed by atoms with E-state index < -0.39 is 0 Å². The Kier molecular flexibility index (Phi) is 5.76. The second kappa shape index (κ2) is 7.57. The summed E-state index contributed by atoms with van der Waals surface area (Å²) in [5.74, 6) is -0.212. The van der Waals surface area contributed by atoms with Crippen molar-refractivity contribution < 1.29 is 14.2 Å². The first-order chi connectivity index (χ1) is 9.76. The van der Waals surface area contributed by atoms with Crippen molar-refractivity contribution in [1.82, 2.24) is 5.32 Å². The number of aliphatic hydroxyl groups excluding tert-OH is 1. The van der Waals surface area contributed by atoms with E-state index in [2.05, 4.69) is 5.32 Å². The van der Waals surface area contributed by atoms with Gasteiger partial charge in [-0.1, -0.05) is 6.07 Å². The first-order valence-electron chi connectivity index (χ1n) is 7.12. The molecule has 5 heteroatoms. The van der Waals surface area contributed by atoms with Crippen molar-refractivity contribution >= 4 is 5.69 Å². The molecule has 0 radical (unpaired) electrons. The van der Waals surface area contributed by atoms with Gasteiger partial charge in [-0.05, 0) is 30.5 Å². The van der Waals surface area contributed by atoms with Crippen LogP contribution in [0.15, 0.2) is 18.2 Å². The van der Waals surface area contributed by atoms with Gasteiger partial charge in [-0.25, -0.2) is 4.39 Å². The summed E-state index contributed by atoms with van der Waals surface area (Å²) in [6.45, 7) is 2.92. The SMILES string of the molecule is COCCNCc1ccc(N2CCCC2CO)c(F)c1. The molecule has 20 heavy (non-hydrogen) atoms. The summed E-state index contributed by atoms with van der Waals surface area (Å²) in [4.78, 5) is 1.97. The van der Waals surface area contributed by atoms with E-state index in [4.69, 9.17) is 4.74 Å². The van der Waals surface area contributed by atoms with E-state index in [-0.39, 0.29) is 18.5 Å².